The monoisotopic (exact) mass is 368 g/mol. The van der Waals surface area contributed by atoms with Gasteiger partial charge < -0.3 is 10.6 Å². The molecule has 26 heavy (non-hydrogen) atoms. The van der Waals surface area contributed by atoms with Crippen LogP contribution in [-0.4, -0.2) is 11.8 Å². The molecule has 0 aliphatic heterocycles. The number of hydrogen-bond acceptors (Lipinski definition) is 2. The van der Waals surface area contributed by atoms with E-state index in [-0.39, 0.29) is 11.5 Å². The van der Waals surface area contributed by atoms with Crippen LogP contribution in [0.4, 0.5) is 15.8 Å². The summed E-state index contributed by atoms with van der Waals surface area (Å²) < 4.78 is 13.2. The Morgan fingerprint density at radius 3 is 1.85 bits per heavy atom. The van der Waals surface area contributed by atoms with Crippen molar-refractivity contribution in [3.63, 3.8) is 0 Å². The van der Waals surface area contributed by atoms with Crippen molar-refractivity contribution in [3.05, 3.63) is 94.8 Å². The number of amides is 2. The van der Waals surface area contributed by atoms with Crippen molar-refractivity contribution < 1.29 is 14.0 Å². The van der Waals surface area contributed by atoms with E-state index >= 15 is 0 Å². The molecule has 0 fully saturated rings. The highest BCUT2D eigenvalue weighted by Crippen LogP contribution is 2.17. The summed E-state index contributed by atoms with van der Waals surface area (Å²) in [5.41, 5.74) is 1.49. The van der Waals surface area contributed by atoms with Crippen molar-refractivity contribution in [1.29, 1.82) is 0 Å². The van der Waals surface area contributed by atoms with E-state index in [0.717, 1.165) is 0 Å². The Morgan fingerprint density at radius 2 is 1.27 bits per heavy atom. The van der Waals surface area contributed by atoms with Gasteiger partial charge in [-0.25, -0.2) is 4.39 Å². The molecule has 4 nitrogen and oxygen atoms in total. The summed E-state index contributed by atoms with van der Waals surface area (Å²) in [5.74, 6) is -1.25. The van der Waals surface area contributed by atoms with Crippen LogP contribution in [0.25, 0.3) is 0 Å². The molecule has 0 bridgehead atoms. The Morgan fingerprint density at radius 1 is 0.731 bits per heavy atom. The third-order valence-electron chi connectivity index (χ3n) is 3.55. The van der Waals surface area contributed by atoms with E-state index in [1.54, 1.807) is 48.5 Å². The van der Waals surface area contributed by atoms with E-state index in [2.05, 4.69) is 10.6 Å². The molecule has 0 radical (unpaired) electrons. The summed E-state index contributed by atoms with van der Waals surface area (Å²) in [6.07, 6.45) is 0. The number of anilines is 2. The molecule has 3 aromatic carbocycles. The molecule has 2 N–H and O–H groups in total. The van der Waals surface area contributed by atoms with Crippen molar-refractivity contribution in [2.45, 2.75) is 0 Å². The molecule has 3 rings (SSSR count). The number of hydrogen-bond donors (Lipinski definition) is 2. The molecule has 6 heteroatoms. The van der Waals surface area contributed by atoms with E-state index in [1.165, 1.54) is 24.3 Å². The highest BCUT2D eigenvalue weighted by molar-refractivity contribution is 6.31. The molecular formula is C20H14ClFN2O2. The molecule has 3 aromatic rings. The lowest BCUT2D eigenvalue weighted by atomic mass is 10.1. The number of rotatable bonds is 4. The van der Waals surface area contributed by atoms with Gasteiger partial charge in [-0.2, -0.15) is 0 Å². The quantitative estimate of drug-likeness (QED) is 0.682. The Labute approximate surface area is 154 Å². The molecule has 0 saturated carbocycles. The Balaban J connectivity index is 1.75. The average molecular weight is 369 g/mol. The van der Waals surface area contributed by atoms with Gasteiger partial charge in [-0.15, -0.1) is 0 Å². The summed E-state index contributed by atoms with van der Waals surface area (Å²) in [7, 11) is 0. The first kappa shape index (κ1) is 17.6. The van der Waals surface area contributed by atoms with Crippen molar-refractivity contribution in [2.75, 3.05) is 10.6 Å². The molecule has 0 spiro atoms. The SMILES string of the molecule is O=C(Nc1cccc(F)c1)c1cccc(C(=O)Nc2cccc(Cl)c2)c1. The molecule has 0 aromatic heterocycles. The van der Waals surface area contributed by atoms with Crippen molar-refractivity contribution in [1.82, 2.24) is 0 Å². The Hall–Kier alpha value is -3.18. The molecule has 0 saturated heterocycles. The number of carbonyl (C=O) groups excluding carboxylic acids is 2. The zero-order valence-corrected chi connectivity index (χ0v) is 14.3. The topological polar surface area (TPSA) is 58.2 Å². The highest BCUT2D eigenvalue weighted by atomic mass is 35.5. The third kappa shape index (κ3) is 4.46. The van der Waals surface area contributed by atoms with Gasteiger partial charge in [-0.05, 0) is 54.6 Å². The van der Waals surface area contributed by atoms with E-state index in [4.69, 9.17) is 11.6 Å². The Kier molecular flexibility index (Phi) is 5.29. The van der Waals surface area contributed by atoms with Gasteiger partial charge in [-0.1, -0.05) is 29.8 Å². The van der Waals surface area contributed by atoms with E-state index in [9.17, 15) is 14.0 Å². The smallest absolute Gasteiger partial charge is 0.255 e. The molecule has 130 valence electrons. The first-order valence-corrected chi connectivity index (χ1v) is 8.13. The largest absolute Gasteiger partial charge is 0.322 e. The van der Waals surface area contributed by atoms with Crippen LogP contribution in [0.15, 0.2) is 72.8 Å². The molecule has 0 heterocycles. The molecule has 2 amide bonds. The van der Waals surface area contributed by atoms with Gasteiger partial charge in [-0.3, -0.25) is 9.59 Å². The van der Waals surface area contributed by atoms with Crippen LogP contribution in [0.2, 0.25) is 5.02 Å². The maximum absolute atomic E-state index is 13.2. The minimum absolute atomic E-state index is 0.285. The maximum Gasteiger partial charge on any atom is 0.255 e. The maximum atomic E-state index is 13.2. The third-order valence-corrected chi connectivity index (χ3v) is 3.79. The second-order valence-corrected chi connectivity index (χ2v) is 5.95. The number of carbonyl (C=O) groups is 2. The number of benzene rings is 3. The fraction of sp³-hybridized carbons (Fsp3) is 0. The fourth-order valence-electron chi connectivity index (χ4n) is 2.34. The zero-order chi connectivity index (χ0) is 18.5. The minimum Gasteiger partial charge on any atom is -0.322 e. The summed E-state index contributed by atoms with van der Waals surface area (Å²) in [6, 6.07) is 18.6. The van der Waals surface area contributed by atoms with Crippen molar-refractivity contribution in [2.24, 2.45) is 0 Å². The van der Waals surface area contributed by atoms with Crippen LogP contribution in [0, 0.1) is 5.82 Å². The number of halogens is 2. The van der Waals surface area contributed by atoms with Crippen LogP contribution >= 0.6 is 11.6 Å². The standard InChI is InChI=1S/C20H14ClFN2O2/c21-15-6-2-8-17(11-15)23-19(25)13-4-1-5-14(10-13)20(26)24-18-9-3-7-16(22)12-18/h1-12H,(H,23,25)(H,24,26). The van der Waals surface area contributed by atoms with Crippen LogP contribution < -0.4 is 10.6 Å². The van der Waals surface area contributed by atoms with Gasteiger partial charge >= 0.3 is 0 Å². The average Bonchev–Trinajstić information content (AvgIpc) is 2.62. The normalized spacial score (nSPS) is 10.2. The van der Waals surface area contributed by atoms with Crippen LogP contribution in [-0.2, 0) is 0 Å². The summed E-state index contributed by atoms with van der Waals surface area (Å²) in [5, 5.41) is 5.82. The second kappa shape index (κ2) is 7.80. The van der Waals surface area contributed by atoms with E-state index < -0.39 is 11.7 Å². The Bertz CT molecular complexity index is 901. The first-order valence-electron chi connectivity index (χ1n) is 7.75. The molecule has 0 atom stereocenters. The lowest BCUT2D eigenvalue weighted by Gasteiger charge is -2.08. The lowest BCUT2D eigenvalue weighted by molar-refractivity contribution is 0.102. The van der Waals surface area contributed by atoms with E-state index in [1.807, 2.05) is 0 Å². The fourth-order valence-corrected chi connectivity index (χ4v) is 2.53. The van der Waals surface area contributed by atoms with Crippen LogP contribution in [0.5, 0.6) is 0 Å². The minimum atomic E-state index is -0.447. The van der Waals surface area contributed by atoms with Crippen LogP contribution in [0.1, 0.15) is 20.7 Å². The van der Waals surface area contributed by atoms with Gasteiger partial charge in [0.05, 0.1) is 0 Å². The van der Waals surface area contributed by atoms with Gasteiger partial charge in [0.2, 0.25) is 0 Å². The van der Waals surface area contributed by atoms with Gasteiger partial charge in [0, 0.05) is 27.5 Å². The number of nitrogens with one attached hydrogen (secondary N) is 2. The zero-order valence-electron chi connectivity index (χ0n) is 13.5. The molecule has 0 unspecified atom stereocenters. The first-order chi connectivity index (χ1) is 12.5. The van der Waals surface area contributed by atoms with Gasteiger partial charge in [0.15, 0.2) is 0 Å². The predicted molar refractivity (Wildman–Crippen MR) is 100 cm³/mol. The molecule has 0 aliphatic rings. The summed E-state index contributed by atoms with van der Waals surface area (Å²) in [4.78, 5) is 24.7. The van der Waals surface area contributed by atoms with Gasteiger partial charge in [0.25, 0.3) is 11.8 Å². The molecule has 0 aliphatic carbocycles. The van der Waals surface area contributed by atoms with Crippen LogP contribution in [0.3, 0.4) is 0 Å². The predicted octanol–water partition coefficient (Wildman–Crippen LogP) is 4.98. The second-order valence-electron chi connectivity index (χ2n) is 5.51. The molecular weight excluding hydrogens is 355 g/mol. The van der Waals surface area contributed by atoms with Gasteiger partial charge in [0.1, 0.15) is 5.82 Å². The summed E-state index contributed by atoms with van der Waals surface area (Å²) in [6.45, 7) is 0. The van der Waals surface area contributed by atoms with E-state index in [0.29, 0.717) is 22.0 Å². The lowest BCUT2D eigenvalue weighted by Crippen LogP contribution is -2.15. The summed E-state index contributed by atoms with van der Waals surface area (Å²) >= 11 is 5.90. The van der Waals surface area contributed by atoms with Crippen molar-refractivity contribution >= 4 is 34.8 Å². The highest BCUT2D eigenvalue weighted by Gasteiger charge is 2.11. The van der Waals surface area contributed by atoms with Crippen molar-refractivity contribution in [3.8, 4) is 0 Å².